The van der Waals surface area contributed by atoms with E-state index in [1.807, 2.05) is 31.2 Å². The first-order valence-corrected chi connectivity index (χ1v) is 12.3. The largest absolute Gasteiger partial charge is 0.443 e. The summed E-state index contributed by atoms with van der Waals surface area (Å²) in [6, 6.07) is 12.4. The van der Waals surface area contributed by atoms with Crippen molar-refractivity contribution in [2.75, 3.05) is 13.1 Å². The average molecular weight is 484 g/mol. The van der Waals surface area contributed by atoms with Crippen LogP contribution in [0.4, 0.5) is 0 Å². The molecule has 0 N–H and O–H groups in total. The fraction of sp³-hybridized carbons (Fsp3) is 0.500. The van der Waals surface area contributed by atoms with Gasteiger partial charge in [-0.3, -0.25) is 4.90 Å². The maximum atomic E-state index is 12.6. The molecule has 0 aliphatic heterocycles. The van der Waals surface area contributed by atoms with Crippen molar-refractivity contribution < 1.29 is 9.53 Å². The lowest BCUT2D eigenvalue weighted by molar-refractivity contribution is -0.0197. The van der Waals surface area contributed by atoms with Crippen LogP contribution >= 0.6 is 12.4 Å². The predicted molar refractivity (Wildman–Crippen MR) is 146 cm³/mol. The molecule has 2 aromatic carbocycles. The first-order chi connectivity index (χ1) is 15.4. The molecule has 1 atom stereocenters. The van der Waals surface area contributed by atoms with Crippen LogP contribution in [0.25, 0.3) is 5.57 Å². The number of halogens is 1. The minimum Gasteiger partial charge on any atom is -0.443 e. The minimum atomic E-state index is -0.291. The van der Waals surface area contributed by atoms with Crippen molar-refractivity contribution in [2.45, 2.75) is 85.3 Å². The molecular weight excluding hydrogens is 442 g/mol. The molecule has 1 aliphatic carbocycles. The lowest BCUT2D eigenvalue weighted by Gasteiger charge is -2.42. The van der Waals surface area contributed by atoms with E-state index in [2.05, 4.69) is 72.1 Å². The van der Waals surface area contributed by atoms with Crippen molar-refractivity contribution in [2.24, 2.45) is 0 Å². The van der Waals surface area contributed by atoms with E-state index in [1.54, 1.807) is 0 Å². The molecule has 0 heterocycles. The highest BCUT2D eigenvalue weighted by molar-refractivity contribution is 5.90. The maximum Gasteiger partial charge on any atom is 0.339 e. The second-order valence-corrected chi connectivity index (χ2v) is 10.8. The van der Waals surface area contributed by atoms with E-state index in [0.717, 1.165) is 24.2 Å². The molecule has 1 aliphatic rings. The van der Waals surface area contributed by atoms with Gasteiger partial charge in [-0.1, -0.05) is 72.4 Å². The van der Waals surface area contributed by atoms with Gasteiger partial charge in [0.25, 0.3) is 0 Å². The Morgan fingerprint density at radius 3 is 1.94 bits per heavy atom. The van der Waals surface area contributed by atoms with Gasteiger partial charge in [-0.15, -0.1) is 12.4 Å². The van der Waals surface area contributed by atoms with Crippen LogP contribution < -0.4 is 0 Å². The third-order valence-corrected chi connectivity index (χ3v) is 7.60. The summed E-state index contributed by atoms with van der Waals surface area (Å²) in [5.74, 6) is -0.291. The summed E-state index contributed by atoms with van der Waals surface area (Å²) in [5, 5.41) is 0. The van der Waals surface area contributed by atoms with Gasteiger partial charge >= 0.3 is 5.97 Å². The number of nitrogens with zero attached hydrogens (tertiary/aromatic N) is 1. The number of aryl methyl sites for hydroxylation is 1. The number of carbonyl (C=O) groups excluding carboxylic acids is 1. The van der Waals surface area contributed by atoms with Gasteiger partial charge in [0.05, 0.1) is 5.56 Å². The highest BCUT2D eigenvalue weighted by Gasteiger charge is 2.37. The Bertz CT molecular complexity index is 1030. The van der Waals surface area contributed by atoms with E-state index in [1.165, 1.54) is 35.1 Å². The second kappa shape index (κ2) is 10.7. The van der Waals surface area contributed by atoms with Crippen molar-refractivity contribution in [1.82, 2.24) is 4.90 Å². The smallest absolute Gasteiger partial charge is 0.339 e. The molecule has 0 spiro atoms. The molecule has 0 saturated carbocycles. The summed E-state index contributed by atoms with van der Waals surface area (Å²) in [6.07, 6.45) is 2.15. The Kier molecular flexibility index (Phi) is 8.82. The maximum absolute atomic E-state index is 12.6. The van der Waals surface area contributed by atoms with Crippen LogP contribution in [0.5, 0.6) is 0 Å². The average Bonchev–Trinajstić information content (AvgIpc) is 2.77. The first-order valence-electron chi connectivity index (χ1n) is 12.3. The zero-order chi connectivity index (χ0) is 24.6. The van der Waals surface area contributed by atoms with Crippen molar-refractivity contribution in [3.63, 3.8) is 0 Å². The standard InChI is InChI=1S/C30H41NO2.ClH/c1-10-31(11-2)22(5)33-28(32)24-14-12-23(13-15-24)21(4)25-19-27-26(18-20(25)3)29(6,7)16-17-30(27,8)9;/h12-15,18-19,22H,4,10-11,16-17H2,1-3,5-9H3;1H. The van der Waals surface area contributed by atoms with E-state index >= 15 is 0 Å². The number of fused-ring (bicyclic) bond motifs is 1. The normalized spacial score (nSPS) is 16.9. The molecule has 3 rings (SSSR count). The van der Waals surface area contributed by atoms with Crippen molar-refractivity contribution >= 4 is 23.9 Å². The molecule has 0 radical (unpaired) electrons. The van der Waals surface area contributed by atoms with E-state index in [4.69, 9.17) is 4.74 Å². The van der Waals surface area contributed by atoms with Gasteiger partial charge in [-0.05, 0) is 96.1 Å². The number of hydrogen-bond acceptors (Lipinski definition) is 3. The molecule has 4 heteroatoms. The quantitative estimate of drug-likeness (QED) is 0.299. The molecule has 0 fully saturated rings. The van der Waals surface area contributed by atoms with Crippen molar-refractivity contribution in [3.8, 4) is 0 Å². The van der Waals surface area contributed by atoms with Gasteiger partial charge in [0.15, 0.2) is 6.23 Å². The third-order valence-electron chi connectivity index (χ3n) is 7.60. The summed E-state index contributed by atoms with van der Waals surface area (Å²) < 4.78 is 5.65. The zero-order valence-electron chi connectivity index (χ0n) is 22.2. The molecule has 186 valence electrons. The van der Waals surface area contributed by atoms with E-state index in [9.17, 15) is 4.79 Å². The minimum absolute atomic E-state index is 0. The molecule has 0 amide bonds. The highest BCUT2D eigenvalue weighted by Crippen LogP contribution is 2.47. The van der Waals surface area contributed by atoms with Gasteiger partial charge in [-0.25, -0.2) is 4.79 Å². The molecule has 3 nitrogen and oxygen atoms in total. The van der Waals surface area contributed by atoms with Crippen LogP contribution in [-0.2, 0) is 15.6 Å². The fourth-order valence-corrected chi connectivity index (χ4v) is 5.05. The van der Waals surface area contributed by atoms with Gasteiger partial charge in [0.2, 0.25) is 0 Å². The van der Waals surface area contributed by atoms with Crippen LogP contribution in [0.2, 0.25) is 0 Å². The lowest BCUT2D eigenvalue weighted by atomic mass is 9.62. The van der Waals surface area contributed by atoms with Gasteiger partial charge in [0.1, 0.15) is 0 Å². The van der Waals surface area contributed by atoms with Crippen LogP contribution in [0, 0.1) is 6.92 Å². The van der Waals surface area contributed by atoms with E-state index in [-0.39, 0.29) is 35.4 Å². The number of ether oxygens (including phenoxy) is 1. The molecule has 0 bridgehead atoms. The number of carbonyl (C=O) groups is 1. The second-order valence-electron chi connectivity index (χ2n) is 10.8. The first kappa shape index (κ1) is 28.1. The van der Waals surface area contributed by atoms with Gasteiger partial charge in [-0.2, -0.15) is 0 Å². The number of benzene rings is 2. The molecule has 34 heavy (non-hydrogen) atoms. The monoisotopic (exact) mass is 483 g/mol. The summed E-state index contributed by atoms with van der Waals surface area (Å²) in [7, 11) is 0. The number of rotatable bonds is 7. The molecule has 2 aromatic rings. The summed E-state index contributed by atoms with van der Waals surface area (Å²) in [6.45, 7) is 23.8. The SMILES string of the molecule is C=C(c1ccc(C(=O)OC(C)N(CC)CC)cc1)c1cc2c(cc1C)C(C)(C)CCC2(C)C.Cl. The van der Waals surface area contributed by atoms with Gasteiger partial charge in [0, 0.05) is 0 Å². The topological polar surface area (TPSA) is 29.5 Å². The highest BCUT2D eigenvalue weighted by atomic mass is 35.5. The summed E-state index contributed by atoms with van der Waals surface area (Å²) in [5.41, 5.74) is 8.27. The molecule has 1 unspecified atom stereocenters. The van der Waals surface area contributed by atoms with Crippen LogP contribution in [-0.4, -0.2) is 30.2 Å². The Morgan fingerprint density at radius 2 is 1.44 bits per heavy atom. The Balaban J connectivity index is 0.00000408. The molecule has 0 aromatic heterocycles. The van der Waals surface area contributed by atoms with E-state index < -0.39 is 0 Å². The summed E-state index contributed by atoms with van der Waals surface area (Å²) >= 11 is 0. The van der Waals surface area contributed by atoms with Crippen LogP contribution in [0.15, 0.2) is 43.0 Å². The van der Waals surface area contributed by atoms with Crippen molar-refractivity contribution in [3.05, 3.63) is 76.4 Å². The number of hydrogen-bond donors (Lipinski definition) is 0. The Hall–Kier alpha value is -2.10. The van der Waals surface area contributed by atoms with E-state index in [0.29, 0.717) is 5.56 Å². The predicted octanol–water partition coefficient (Wildman–Crippen LogP) is 7.67. The number of esters is 1. The zero-order valence-corrected chi connectivity index (χ0v) is 23.1. The molecule has 0 saturated heterocycles. The van der Waals surface area contributed by atoms with Crippen molar-refractivity contribution in [1.29, 1.82) is 0 Å². The van der Waals surface area contributed by atoms with Crippen LogP contribution in [0.1, 0.15) is 99.5 Å². The summed E-state index contributed by atoms with van der Waals surface area (Å²) in [4.78, 5) is 14.7. The fourth-order valence-electron chi connectivity index (χ4n) is 5.05. The van der Waals surface area contributed by atoms with Gasteiger partial charge < -0.3 is 4.74 Å². The van der Waals surface area contributed by atoms with Crippen LogP contribution in [0.3, 0.4) is 0 Å². The Morgan fingerprint density at radius 1 is 0.971 bits per heavy atom. The lowest BCUT2D eigenvalue weighted by Crippen LogP contribution is -2.36. The third kappa shape index (κ3) is 5.58. The Labute approximate surface area is 213 Å². The molecular formula is C30H42ClNO2.